The van der Waals surface area contributed by atoms with E-state index >= 15 is 0 Å². The molecule has 0 heterocycles. The highest BCUT2D eigenvalue weighted by Gasteiger charge is 2.29. The fraction of sp³-hybridized carbons (Fsp3) is 0.929. The second-order valence-corrected chi connectivity index (χ2v) is 5.78. The quantitative estimate of drug-likeness (QED) is 0.828. The van der Waals surface area contributed by atoms with E-state index in [0.29, 0.717) is 0 Å². The van der Waals surface area contributed by atoms with Gasteiger partial charge in [0, 0.05) is 12.6 Å². The first-order valence-electron chi connectivity index (χ1n) is 7.30. The Morgan fingerprint density at radius 1 is 1.06 bits per heavy atom. The van der Waals surface area contributed by atoms with Crippen LogP contribution in [-0.2, 0) is 4.79 Å². The van der Waals surface area contributed by atoms with Crippen LogP contribution in [0.5, 0.6) is 0 Å². The summed E-state index contributed by atoms with van der Waals surface area (Å²) in [6.07, 6.45) is 11.2. The largest absolute Gasteiger partial charge is 0.356 e. The van der Waals surface area contributed by atoms with Crippen molar-refractivity contribution in [3.63, 3.8) is 0 Å². The van der Waals surface area contributed by atoms with Gasteiger partial charge in [-0.1, -0.05) is 38.5 Å². The summed E-state index contributed by atoms with van der Waals surface area (Å²) in [5.74, 6) is 1.13. The normalized spacial score (nSPS) is 28.7. The summed E-state index contributed by atoms with van der Waals surface area (Å²) in [5, 5.41) is 3.08. The third-order valence-electron chi connectivity index (χ3n) is 4.48. The van der Waals surface area contributed by atoms with Gasteiger partial charge >= 0.3 is 0 Å². The highest BCUT2D eigenvalue weighted by Crippen LogP contribution is 2.26. The summed E-state index contributed by atoms with van der Waals surface area (Å²) >= 11 is 0. The van der Waals surface area contributed by atoms with E-state index in [2.05, 4.69) is 5.32 Å². The third-order valence-corrected chi connectivity index (χ3v) is 4.48. The lowest BCUT2D eigenvalue weighted by molar-refractivity contribution is -0.125. The fourth-order valence-electron chi connectivity index (χ4n) is 3.32. The van der Waals surface area contributed by atoms with Crippen LogP contribution >= 0.6 is 12.4 Å². The van der Waals surface area contributed by atoms with Gasteiger partial charge in [0.15, 0.2) is 0 Å². The van der Waals surface area contributed by atoms with Crippen molar-refractivity contribution in [2.45, 2.75) is 63.8 Å². The Bertz CT molecular complexity index is 254. The molecule has 0 saturated heterocycles. The molecule has 18 heavy (non-hydrogen) atoms. The van der Waals surface area contributed by atoms with Crippen LogP contribution in [0.2, 0.25) is 0 Å². The highest BCUT2D eigenvalue weighted by molar-refractivity contribution is 5.85. The Balaban J connectivity index is 0.00000162. The Hall–Kier alpha value is -0.280. The molecule has 0 aliphatic heterocycles. The number of hydrogen-bond acceptors (Lipinski definition) is 2. The van der Waals surface area contributed by atoms with Gasteiger partial charge in [0.25, 0.3) is 0 Å². The monoisotopic (exact) mass is 274 g/mol. The first kappa shape index (κ1) is 15.8. The van der Waals surface area contributed by atoms with Crippen LogP contribution in [0.1, 0.15) is 57.8 Å². The average molecular weight is 275 g/mol. The van der Waals surface area contributed by atoms with Crippen molar-refractivity contribution in [2.75, 3.05) is 6.54 Å². The van der Waals surface area contributed by atoms with Gasteiger partial charge in [-0.15, -0.1) is 12.4 Å². The Morgan fingerprint density at radius 2 is 1.78 bits per heavy atom. The van der Waals surface area contributed by atoms with Crippen molar-refractivity contribution in [3.05, 3.63) is 0 Å². The van der Waals surface area contributed by atoms with Crippen molar-refractivity contribution in [1.29, 1.82) is 0 Å². The second-order valence-electron chi connectivity index (χ2n) is 5.78. The molecule has 0 bridgehead atoms. The van der Waals surface area contributed by atoms with E-state index in [9.17, 15) is 4.79 Å². The molecule has 3 N–H and O–H groups in total. The minimum Gasteiger partial charge on any atom is -0.356 e. The molecule has 0 aromatic carbocycles. The summed E-state index contributed by atoms with van der Waals surface area (Å²) in [5.41, 5.74) is 5.93. The summed E-state index contributed by atoms with van der Waals surface area (Å²) in [4.78, 5) is 11.9. The molecule has 0 radical (unpaired) electrons. The van der Waals surface area contributed by atoms with Gasteiger partial charge in [-0.3, -0.25) is 4.79 Å². The van der Waals surface area contributed by atoms with Crippen LogP contribution in [0.3, 0.4) is 0 Å². The second kappa shape index (κ2) is 8.00. The zero-order valence-electron chi connectivity index (χ0n) is 11.2. The minimum absolute atomic E-state index is 0. The maximum Gasteiger partial charge on any atom is 0.224 e. The molecule has 3 nitrogen and oxygen atoms in total. The molecule has 2 aliphatic carbocycles. The van der Waals surface area contributed by atoms with Crippen LogP contribution < -0.4 is 11.1 Å². The molecule has 2 atom stereocenters. The van der Waals surface area contributed by atoms with E-state index in [1.54, 1.807) is 0 Å². The lowest BCUT2D eigenvalue weighted by atomic mass is 9.87. The van der Waals surface area contributed by atoms with Crippen molar-refractivity contribution in [3.8, 4) is 0 Å². The predicted octanol–water partition coefficient (Wildman–Crippen LogP) is 2.62. The average Bonchev–Trinajstić information content (AvgIpc) is 2.77. The van der Waals surface area contributed by atoms with Gasteiger partial charge in [0.1, 0.15) is 0 Å². The zero-order valence-corrected chi connectivity index (χ0v) is 12.0. The maximum atomic E-state index is 11.9. The van der Waals surface area contributed by atoms with Gasteiger partial charge in [0.05, 0.1) is 5.92 Å². The lowest BCUT2D eigenvalue weighted by Gasteiger charge is -2.22. The number of amides is 1. The van der Waals surface area contributed by atoms with Crippen molar-refractivity contribution >= 4 is 18.3 Å². The Kier molecular flexibility index (Phi) is 7.02. The number of nitrogens with one attached hydrogen (secondary N) is 1. The molecule has 0 aromatic rings. The molecular formula is C14H27ClN2O. The Morgan fingerprint density at radius 3 is 2.39 bits per heavy atom. The van der Waals surface area contributed by atoms with E-state index in [1.165, 1.54) is 32.1 Å². The van der Waals surface area contributed by atoms with Crippen LogP contribution in [0.15, 0.2) is 0 Å². The molecule has 0 aromatic heterocycles. The van der Waals surface area contributed by atoms with Crippen molar-refractivity contribution in [1.82, 2.24) is 5.32 Å². The van der Waals surface area contributed by atoms with E-state index in [4.69, 9.17) is 5.73 Å². The number of carbonyl (C=O) groups is 1. The molecule has 2 saturated carbocycles. The Labute approximate surface area is 117 Å². The lowest BCUT2D eigenvalue weighted by Crippen LogP contribution is -2.39. The molecule has 4 heteroatoms. The predicted molar refractivity (Wildman–Crippen MR) is 76.8 cm³/mol. The summed E-state index contributed by atoms with van der Waals surface area (Å²) in [7, 11) is 0. The molecule has 2 aliphatic rings. The molecular weight excluding hydrogens is 248 g/mol. The first-order valence-corrected chi connectivity index (χ1v) is 7.30. The minimum atomic E-state index is 0. The third kappa shape index (κ3) is 4.43. The molecule has 0 spiro atoms. The van der Waals surface area contributed by atoms with Gasteiger partial charge in [-0.25, -0.2) is 0 Å². The van der Waals surface area contributed by atoms with Gasteiger partial charge in [-0.2, -0.15) is 0 Å². The molecule has 1 amide bonds. The van der Waals surface area contributed by atoms with Gasteiger partial charge in [0.2, 0.25) is 5.91 Å². The summed E-state index contributed by atoms with van der Waals surface area (Å²) in [6, 6.07) is 0.102. The topological polar surface area (TPSA) is 55.1 Å². The van der Waals surface area contributed by atoms with Crippen LogP contribution in [0, 0.1) is 11.8 Å². The summed E-state index contributed by atoms with van der Waals surface area (Å²) in [6.45, 7) is 0.854. The van der Waals surface area contributed by atoms with Crippen LogP contribution in [0.25, 0.3) is 0 Å². The standard InChI is InChI=1S/C14H26N2O.ClH/c15-13-8-4-7-12(13)14(17)16-10-9-11-5-2-1-3-6-11;/h11-13H,1-10,15H2,(H,16,17);1H. The number of hydrogen-bond donors (Lipinski definition) is 2. The van der Waals surface area contributed by atoms with Gasteiger partial charge in [-0.05, 0) is 25.2 Å². The van der Waals surface area contributed by atoms with E-state index < -0.39 is 0 Å². The summed E-state index contributed by atoms with van der Waals surface area (Å²) < 4.78 is 0. The fourth-order valence-corrected chi connectivity index (χ4v) is 3.32. The van der Waals surface area contributed by atoms with Crippen LogP contribution in [-0.4, -0.2) is 18.5 Å². The molecule has 2 fully saturated rings. The maximum absolute atomic E-state index is 11.9. The molecule has 106 valence electrons. The van der Waals surface area contributed by atoms with Gasteiger partial charge < -0.3 is 11.1 Å². The smallest absolute Gasteiger partial charge is 0.224 e. The number of halogens is 1. The highest BCUT2D eigenvalue weighted by atomic mass is 35.5. The van der Waals surface area contributed by atoms with Crippen LogP contribution in [0.4, 0.5) is 0 Å². The van der Waals surface area contributed by atoms with Crippen molar-refractivity contribution < 1.29 is 4.79 Å². The van der Waals surface area contributed by atoms with E-state index in [1.807, 2.05) is 0 Å². The van der Waals surface area contributed by atoms with E-state index in [-0.39, 0.29) is 30.3 Å². The SMILES string of the molecule is Cl.NC1CCCC1C(=O)NCCC1CCCCC1. The van der Waals surface area contributed by atoms with Crippen molar-refractivity contribution in [2.24, 2.45) is 17.6 Å². The van der Waals surface area contributed by atoms with E-state index in [0.717, 1.165) is 38.1 Å². The molecule has 2 unspecified atom stereocenters. The zero-order chi connectivity index (χ0) is 12.1. The number of nitrogens with two attached hydrogens (primary N) is 1. The molecule has 2 rings (SSSR count). The number of rotatable bonds is 4. The number of carbonyl (C=O) groups excluding carboxylic acids is 1. The first-order chi connectivity index (χ1) is 8.27.